The highest BCUT2D eigenvalue weighted by Crippen LogP contribution is 2.23. The predicted molar refractivity (Wildman–Crippen MR) is 97.8 cm³/mol. The van der Waals surface area contributed by atoms with Gasteiger partial charge in [-0.25, -0.2) is 0 Å². The van der Waals surface area contributed by atoms with Gasteiger partial charge in [0.2, 0.25) is 5.95 Å². The number of benzene rings is 2. The van der Waals surface area contributed by atoms with Crippen LogP contribution in [-0.2, 0) is 6.54 Å². The van der Waals surface area contributed by atoms with Crippen molar-refractivity contribution in [2.75, 3.05) is 17.3 Å². The van der Waals surface area contributed by atoms with E-state index in [0.717, 1.165) is 11.3 Å². The van der Waals surface area contributed by atoms with Gasteiger partial charge in [0.25, 0.3) is 0 Å². The zero-order chi connectivity index (χ0) is 16.9. The monoisotopic (exact) mass is 339 g/mol. The molecule has 0 amide bonds. The Morgan fingerprint density at radius 1 is 1.12 bits per heavy atom. The number of aryl methyl sites for hydroxylation is 1. The third kappa shape index (κ3) is 4.00. The van der Waals surface area contributed by atoms with E-state index in [2.05, 4.69) is 32.6 Å². The van der Waals surface area contributed by atoms with Crippen LogP contribution >= 0.6 is 11.6 Å². The maximum Gasteiger partial charge on any atom is 0.247 e. The van der Waals surface area contributed by atoms with E-state index in [0.29, 0.717) is 23.3 Å². The number of anilines is 3. The van der Waals surface area contributed by atoms with Gasteiger partial charge in [-0.3, -0.25) is 0 Å². The van der Waals surface area contributed by atoms with Gasteiger partial charge >= 0.3 is 0 Å². The Balaban J connectivity index is 1.76. The van der Waals surface area contributed by atoms with Crippen molar-refractivity contribution in [1.29, 1.82) is 0 Å². The molecule has 0 radical (unpaired) electrons. The van der Waals surface area contributed by atoms with Crippen molar-refractivity contribution in [2.24, 2.45) is 0 Å². The molecule has 3 aromatic rings. The molecule has 6 heteroatoms. The van der Waals surface area contributed by atoms with E-state index < -0.39 is 0 Å². The van der Waals surface area contributed by atoms with E-state index in [1.165, 1.54) is 5.56 Å². The molecule has 0 saturated heterocycles. The minimum absolute atomic E-state index is 0.565. The van der Waals surface area contributed by atoms with Crippen LogP contribution < -0.4 is 10.2 Å². The lowest BCUT2D eigenvalue weighted by atomic mass is 10.2. The first-order valence-corrected chi connectivity index (χ1v) is 7.97. The van der Waals surface area contributed by atoms with Crippen LogP contribution in [0.25, 0.3) is 0 Å². The number of hydrogen-bond acceptors (Lipinski definition) is 5. The molecule has 2 aromatic carbocycles. The summed E-state index contributed by atoms with van der Waals surface area (Å²) in [4.78, 5) is 6.50. The molecular formula is C18H18ClN5. The van der Waals surface area contributed by atoms with Gasteiger partial charge in [0.05, 0.1) is 6.20 Å². The Hall–Kier alpha value is -2.66. The number of halogens is 1. The maximum absolute atomic E-state index is 5.99. The van der Waals surface area contributed by atoms with Crippen molar-refractivity contribution < 1.29 is 0 Å². The molecule has 3 rings (SSSR count). The van der Waals surface area contributed by atoms with Crippen molar-refractivity contribution in [2.45, 2.75) is 13.5 Å². The summed E-state index contributed by atoms with van der Waals surface area (Å²) in [5.74, 6) is 1.21. The second-order valence-corrected chi connectivity index (χ2v) is 6.00. The molecule has 1 N–H and O–H groups in total. The van der Waals surface area contributed by atoms with Gasteiger partial charge in [-0.1, -0.05) is 41.9 Å². The topological polar surface area (TPSA) is 53.9 Å². The van der Waals surface area contributed by atoms with Crippen molar-refractivity contribution in [3.05, 3.63) is 70.9 Å². The number of nitrogens with one attached hydrogen (secondary N) is 1. The molecule has 0 aliphatic heterocycles. The largest absolute Gasteiger partial charge is 0.339 e. The molecule has 0 bridgehead atoms. The van der Waals surface area contributed by atoms with Crippen LogP contribution in [0.1, 0.15) is 11.1 Å². The van der Waals surface area contributed by atoms with E-state index >= 15 is 0 Å². The molecule has 0 atom stereocenters. The molecule has 24 heavy (non-hydrogen) atoms. The van der Waals surface area contributed by atoms with Crippen LogP contribution in [0.5, 0.6) is 0 Å². The van der Waals surface area contributed by atoms with Crippen LogP contribution in [0.2, 0.25) is 5.02 Å². The van der Waals surface area contributed by atoms with Crippen molar-refractivity contribution in [3.63, 3.8) is 0 Å². The smallest absolute Gasteiger partial charge is 0.247 e. The van der Waals surface area contributed by atoms with Gasteiger partial charge in [0.1, 0.15) is 0 Å². The van der Waals surface area contributed by atoms with Crippen LogP contribution in [0.15, 0.2) is 54.7 Å². The minimum Gasteiger partial charge on any atom is -0.339 e. The van der Waals surface area contributed by atoms with Crippen LogP contribution in [0.3, 0.4) is 0 Å². The number of nitrogens with zero attached hydrogens (tertiary/aromatic N) is 4. The van der Waals surface area contributed by atoms with Crippen LogP contribution in [0.4, 0.5) is 17.5 Å². The summed E-state index contributed by atoms with van der Waals surface area (Å²) in [6.45, 7) is 2.71. The standard InChI is InChI=1S/C18H18ClN5/c1-13-10-15(19)8-9-16(13)21-17-11-20-23-18(22-17)24(2)12-14-6-4-3-5-7-14/h3-11H,12H2,1-2H3,(H,21,22,23). The molecule has 0 spiro atoms. The van der Waals surface area contributed by atoms with Crippen molar-refractivity contribution in [1.82, 2.24) is 15.2 Å². The molecular weight excluding hydrogens is 322 g/mol. The summed E-state index contributed by atoms with van der Waals surface area (Å²) in [5.41, 5.74) is 3.17. The summed E-state index contributed by atoms with van der Waals surface area (Å²) >= 11 is 5.99. The zero-order valence-electron chi connectivity index (χ0n) is 13.6. The molecule has 0 aliphatic rings. The fourth-order valence-corrected chi connectivity index (χ4v) is 2.58. The lowest BCUT2D eigenvalue weighted by Crippen LogP contribution is -2.20. The highest BCUT2D eigenvalue weighted by atomic mass is 35.5. The summed E-state index contributed by atoms with van der Waals surface area (Å²) < 4.78 is 0. The van der Waals surface area contributed by atoms with Gasteiger partial charge in [0, 0.05) is 24.3 Å². The average molecular weight is 340 g/mol. The van der Waals surface area contributed by atoms with E-state index in [4.69, 9.17) is 11.6 Å². The second kappa shape index (κ2) is 7.27. The van der Waals surface area contributed by atoms with Crippen LogP contribution in [-0.4, -0.2) is 22.2 Å². The van der Waals surface area contributed by atoms with Crippen LogP contribution in [0, 0.1) is 6.92 Å². The number of aromatic nitrogens is 3. The maximum atomic E-state index is 5.99. The highest BCUT2D eigenvalue weighted by molar-refractivity contribution is 6.30. The SMILES string of the molecule is Cc1cc(Cl)ccc1Nc1cnnc(N(C)Cc2ccccc2)n1. The average Bonchev–Trinajstić information content (AvgIpc) is 2.59. The lowest BCUT2D eigenvalue weighted by molar-refractivity contribution is 0.831. The van der Waals surface area contributed by atoms with Gasteiger partial charge in [0.15, 0.2) is 5.82 Å². The van der Waals surface area contributed by atoms with E-state index in [-0.39, 0.29) is 0 Å². The molecule has 0 aliphatic carbocycles. The molecule has 122 valence electrons. The van der Waals surface area contributed by atoms with E-state index in [9.17, 15) is 0 Å². The first kappa shape index (κ1) is 16.2. The first-order valence-electron chi connectivity index (χ1n) is 7.60. The molecule has 0 unspecified atom stereocenters. The summed E-state index contributed by atoms with van der Waals surface area (Å²) in [6, 6.07) is 15.8. The highest BCUT2D eigenvalue weighted by Gasteiger charge is 2.08. The Morgan fingerprint density at radius 3 is 2.67 bits per heavy atom. The number of hydrogen-bond donors (Lipinski definition) is 1. The van der Waals surface area contributed by atoms with Gasteiger partial charge in [-0.15, -0.1) is 5.10 Å². The molecule has 1 aromatic heterocycles. The Labute approximate surface area is 146 Å². The third-order valence-electron chi connectivity index (χ3n) is 3.60. The van der Waals surface area contributed by atoms with Crippen molar-refractivity contribution in [3.8, 4) is 0 Å². The van der Waals surface area contributed by atoms with Crippen molar-refractivity contribution >= 4 is 29.1 Å². The quantitative estimate of drug-likeness (QED) is 0.754. The first-order chi connectivity index (χ1) is 11.6. The lowest BCUT2D eigenvalue weighted by Gasteiger charge is -2.17. The Kier molecular flexibility index (Phi) is 4.91. The molecule has 5 nitrogen and oxygen atoms in total. The molecule has 0 fully saturated rings. The Morgan fingerprint density at radius 2 is 1.92 bits per heavy atom. The Bertz CT molecular complexity index is 823. The summed E-state index contributed by atoms with van der Waals surface area (Å²) in [7, 11) is 1.95. The normalized spacial score (nSPS) is 10.5. The third-order valence-corrected chi connectivity index (χ3v) is 3.84. The fraction of sp³-hybridized carbons (Fsp3) is 0.167. The van der Waals surface area contributed by atoms with Gasteiger partial charge < -0.3 is 10.2 Å². The van der Waals surface area contributed by atoms with Gasteiger partial charge in [-0.05, 0) is 36.2 Å². The summed E-state index contributed by atoms with van der Waals surface area (Å²) in [6.07, 6.45) is 1.61. The van der Waals surface area contributed by atoms with E-state index in [1.54, 1.807) is 6.20 Å². The van der Waals surface area contributed by atoms with E-state index in [1.807, 2.05) is 55.3 Å². The zero-order valence-corrected chi connectivity index (χ0v) is 14.3. The fourth-order valence-electron chi connectivity index (χ4n) is 2.35. The molecule has 1 heterocycles. The minimum atomic E-state index is 0.565. The predicted octanol–water partition coefficient (Wildman–Crippen LogP) is 4.21. The second-order valence-electron chi connectivity index (χ2n) is 5.57. The van der Waals surface area contributed by atoms with Gasteiger partial charge in [-0.2, -0.15) is 10.1 Å². The molecule has 0 saturated carbocycles. The number of rotatable bonds is 5. The summed E-state index contributed by atoms with van der Waals surface area (Å²) in [5, 5.41) is 12.1.